The van der Waals surface area contributed by atoms with Crippen molar-refractivity contribution < 1.29 is 10.2 Å². The van der Waals surface area contributed by atoms with Crippen LogP contribution in [0.1, 0.15) is 62.7 Å². The lowest BCUT2D eigenvalue weighted by atomic mass is 9.71. The maximum atomic E-state index is 11.7. The minimum atomic E-state index is -0.800. The van der Waals surface area contributed by atoms with Crippen molar-refractivity contribution in [2.75, 3.05) is 6.54 Å². The molecule has 146 valence electrons. The SMILES string of the molecule is CC(NCCC(O)(c1ccccc1)C1CCCCC1)C(O)c1ccccc1. The number of hydrogen-bond acceptors (Lipinski definition) is 3. The molecule has 0 aromatic heterocycles. The molecule has 0 amide bonds. The Balaban J connectivity index is 1.64. The lowest BCUT2D eigenvalue weighted by Crippen LogP contribution is -2.41. The Hall–Kier alpha value is -1.68. The molecular formula is C24H33NO2. The summed E-state index contributed by atoms with van der Waals surface area (Å²) in [6.45, 7) is 2.67. The largest absolute Gasteiger partial charge is 0.387 e. The molecule has 0 radical (unpaired) electrons. The Morgan fingerprint density at radius 2 is 1.56 bits per heavy atom. The van der Waals surface area contributed by atoms with Crippen molar-refractivity contribution in [2.45, 2.75) is 63.2 Å². The van der Waals surface area contributed by atoms with E-state index in [1.807, 2.05) is 55.5 Å². The van der Waals surface area contributed by atoms with Crippen LogP contribution in [0.25, 0.3) is 0 Å². The molecule has 0 aliphatic heterocycles. The summed E-state index contributed by atoms with van der Waals surface area (Å²) in [6.07, 6.45) is 5.98. The van der Waals surface area contributed by atoms with Crippen LogP contribution in [0.2, 0.25) is 0 Å². The molecule has 3 N–H and O–H groups in total. The summed E-state index contributed by atoms with van der Waals surface area (Å²) in [5.74, 6) is 0.310. The van der Waals surface area contributed by atoms with Crippen LogP contribution in [0.4, 0.5) is 0 Å². The van der Waals surface area contributed by atoms with Gasteiger partial charge in [0.2, 0.25) is 0 Å². The summed E-state index contributed by atoms with van der Waals surface area (Å²) < 4.78 is 0. The first-order chi connectivity index (χ1) is 13.1. The van der Waals surface area contributed by atoms with Gasteiger partial charge in [-0.15, -0.1) is 0 Å². The monoisotopic (exact) mass is 367 g/mol. The zero-order valence-electron chi connectivity index (χ0n) is 16.3. The summed E-state index contributed by atoms with van der Waals surface area (Å²) >= 11 is 0. The Kier molecular flexibility index (Phi) is 7.06. The van der Waals surface area contributed by atoms with Gasteiger partial charge >= 0.3 is 0 Å². The standard InChI is InChI=1S/C24H33NO2/c1-19(23(26)20-11-5-2-6-12-20)25-18-17-24(27,21-13-7-3-8-14-21)22-15-9-4-10-16-22/h2-3,5-8,11-14,19,22-23,25-27H,4,9-10,15-18H2,1H3. The van der Waals surface area contributed by atoms with E-state index in [1.54, 1.807) is 0 Å². The lowest BCUT2D eigenvalue weighted by molar-refractivity contribution is -0.0466. The fourth-order valence-corrected chi connectivity index (χ4v) is 4.43. The molecule has 3 atom stereocenters. The first-order valence-electron chi connectivity index (χ1n) is 10.4. The van der Waals surface area contributed by atoms with Gasteiger partial charge in [0, 0.05) is 6.04 Å². The minimum Gasteiger partial charge on any atom is -0.387 e. The highest BCUT2D eigenvalue weighted by Crippen LogP contribution is 2.41. The molecule has 1 aliphatic carbocycles. The summed E-state index contributed by atoms with van der Waals surface area (Å²) in [7, 11) is 0. The van der Waals surface area contributed by atoms with E-state index in [-0.39, 0.29) is 6.04 Å². The average molecular weight is 368 g/mol. The van der Waals surface area contributed by atoms with E-state index in [0.717, 1.165) is 24.0 Å². The third-order valence-corrected chi connectivity index (χ3v) is 6.14. The maximum Gasteiger partial charge on any atom is 0.0940 e. The van der Waals surface area contributed by atoms with Crippen molar-refractivity contribution in [3.63, 3.8) is 0 Å². The van der Waals surface area contributed by atoms with Crippen LogP contribution < -0.4 is 5.32 Å². The Morgan fingerprint density at radius 3 is 2.19 bits per heavy atom. The molecule has 27 heavy (non-hydrogen) atoms. The predicted octanol–water partition coefficient (Wildman–Crippen LogP) is 4.56. The average Bonchev–Trinajstić information content (AvgIpc) is 2.75. The van der Waals surface area contributed by atoms with Crippen LogP contribution in [-0.2, 0) is 5.60 Å². The van der Waals surface area contributed by atoms with Gasteiger partial charge in [0.15, 0.2) is 0 Å². The molecular weight excluding hydrogens is 334 g/mol. The number of rotatable bonds is 8. The van der Waals surface area contributed by atoms with Crippen LogP contribution in [0.15, 0.2) is 60.7 Å². The van der Waals surface area contributed by atoms with Gasteiger partial charge in [0.05, 0.1) is 11.7 Å². The highest BCUT2D eigenvalue weighted by Gasteiger charge is 2.38. The molecule has 2 aromatic rings. The highest BCUT2D eigenvalue weighted by atomic mass is 16.3. The summed E-state index contributed by atoms with van der Waals surface area (Å²) in [4.78, 5) is 0. The molecule has 3 nitrogen and oxygen atoms in total. The molecule has 3 unspecified atom stereocenters. The first kappa shape index (κ1) is 20.1. The van der Waals surface area contributed by atoms with Gasteiger partial charge in [-0.05, 0) is 49.8 Å². The van der Waals surface area contributed by atoms with Crippen LogP contribution in [0.5, 0.6) is 0 Å². The van der Waals surface area contributed by atoms with Gasteiger partial charge in [-0.1, -0.05) is 79.9 Å². The van der Waals surface area contributed by atoms with Crippen LogP contribution in [0, 0.1) is 5.92 Å². The highest BCUT2D eigenvalue weighted by molar-refractivity contribution is 5.24. The number of aliphatic hydroxyl groups is 2. The zero-order valence-corrected chi connectivity index (χ0v) is 16.3. The molecule has 0 spiro atoms. The predicted molar refractivity (Wildman–Crippen MR) is 110 cm³/mol. The van der Waals surface area contributed by atoms with Crippen LogP contribution >= 0.6 is 0 Å². The van der Waals surface area contributed by atoms with E-state index in [9.17, 15) is 10.2 Å². The number of benzene rings is 2. The first-order valence-corrected chi connectivity index (χ1v) is 10.4. The molecule has 1 fully saturated rings. The summed E-state index contributed by atoms with van der Waals surface area (Å²) in [5.41, 5.74) is 1.14. The van der Waals surface area contributed by atoms with Crippen LogP contribution in [0.3, 0.4) is 0 Å². The smallest absolute Gasteiger partial charge is 0.0940 e. The molecule has 3 rings (SSSR count). The van der Waals surface area contributed by atoms with E-state index in [4.69, 9.17) is 0 Å². The molecule has 3 heteroatoms. The topological polar surface area (TPSA) is 52.5 Å². The van der Waals surface area contributed by atoms with E-state index in [1.165, 1.54) is 19.3 Å². The molecule has 0 saturated heterocycles. The number of aliphatic hydroxyl groups excluding tert-OH is 1. The molecule has 0 bridgehead atoms. The molecule has 2 aromatic carbocycles. The Bertz CT molecular complexity index is 669. The third-order valence-electron chi connectivity index (χ3n) is 6.14. The Labute approximate surface area is 163 Å². The number of nitrogens with one attached hydrogen (secondary N) is 1. The van der Waals surface area contributed by atoms with Crippen molar-refractivity contribution in [1.82, 2.24) is 5.32 Å². The fraction of sp³-hybridized carbons (Fsp3) is 0.500. The van der Waals surface area contributed by atoms with E-state index in [0.29, 0.717) is 18.9 Å². The molecule has 1 saturated carbocycles. The minimum absolute atomic E-state index is 0.0706. The van der Waals surface area contributed by atoms with Crippen molar-refractivity contribution >= 4 is 0 Å². The van der Waals surface area contributed by atoms with Gasteiger partial charge in [-0.2, -0.15) is 0 Å². The summed E-state index contributed by atoms with van der Waals surface area (Å²) in [6, 6.07) is 19.8. The van der Waals surface area contributed by atoms with Crippen molar-refractivity contribution in [3.8, 4) is 0 Å². The zero-order chi connectivity index (χ0) is 19.1. The lowest BCUT2D eigenvalue weighted by Gasteiger charge is -2.39. The van der Waals surface area contributed by atoms with Gasteiger partial charge < -0.3 is 15.5 Å². The second-order valence-electron chi connectivity index (χ2n) is 7.97. The normalized spacial score (nSPS) is 20.0. The van der Waals surface area contributed by atoms with Gasteiger partial charge in [0.1, 0.15) is 0 Å². The maximum absolute atomic E-state index is 11.7. The van der Waals surface area contributed by atoms with Crippen molar-refractivity contribution in [3.05, 3.63) is 71.8 Å². The number of hydrogen-bond donors (Lipinski definition) is 3. The van der Waals surface area contributed by atoms with Gasteiger partial charge in [-0.3, -0.25) is 0 Å². The van der Waals surface area contributed by atoms with E-state index in [2.05, 4.69) is 17.4 Å². The second-order valence-corrected chi connectivity index (χ2v) is 7.97. The second kappa shape index (κ2) is 9.50. The fourth-order valence-electron chi connectivity index (χ4n) is 4.43. The summed E-state index contributed by atoms with van der Waals surface area (Å²) in [5, 5.41) is 25.7. The molecule has 1 aliphatic rings. The van der Waals surface area contributed by atoms with Crippen LogP contribution in [-0.4, -0.2) is 22.8 Å². The van der Waals surface area contributed by atoms with Gasteiger partial charge in [0.25, 0.3) is 0 Å². The third kappa shape index (κ3) is 4.98. The van der Waals surface area contributed by atoms with E-state index < -0.39 is 11.7 Å². The Morgan fingerprint density at radius 1 is 0.963 bits per heavy atom. The molecule has 0 heterocycles. The van der Waals surface area contributed by atoms with E-state index >= 15 is 0 Å². The van der Waals surface area contributed by atoms with Crippen molar-refractivity contribution in [1.29, 1.82) is 0 Å². The van der Waals surface area contributed by atoms with Crippen molar-refractivity contribution in [2.24, 2.45) is 5.92 Å². The van der Waals surface area contributed by atoms with Gasteiger partial charge in [-0.25, -0.2) is 0 Å². The quantitative estimate of drug-likeness (QED) is 0.641.